The Bertz CT molecular complexity index is 1190. The molecule has 1 atom stereocenters. The number of carbonyl (C=O) groups excluding carboxylic acids is 2. The second-order valence-corrected chi connectivity index (χ2v) is 9.42. The molecule has 2 N–H and O–H groups in total. The van der Waals surface area contributed by atoms with E-state index in [1.54, 1.807) is 39.0 Å². The molecule has 176 valence electrons. The summed E-state index contributed by atoms with van der Waals surface area (Å²) >= 11 is 0. The number of carbonyl (C=O) groups is 2. The van der Waals surface area contributed by atoms with Crippen LogP contribution in [0.5, 0.6) is 5.75 Å². The van der Waals surface area contributed by atoms with E-state index in [1.165, 1.54) is 6.07 Å². The molecule has 0 spiro atoms. The molecule has 1 aliphatic heterocycles. The maximum Gasteiger partial charge on any atom is 0.340 e. The van der Waals surface area contributed by atoms with Gasteiger partial charge in [-0.2, -0.15) is 0 Å². The first kappa shape index (κ1) is 23.5. The Morgan fingerprint density at radius 1 is 0.971 bits per heavy atom. The van der Waals surface area contributed by atoms with Crippen LogP contribution >= 0.6 is 0 Å². The van der Waals surface area contributed by atoms with Gasteiger partial charge in [-0.25, -0.2) is 4.79 Å². The summed E-state index contributed by atoms with van der Waals surface area (Å²) < 4.78 is 11.0. The molecule has 6 heteroatoms. The number of nitrogens with one attached hydrogen (secondary N) is 1. The Kier molecular flexibility index (Phi) is 6.70. The molecular weight excluding hydrogens is 430 g/mol. The number of amides is 1. The van der Waals surface area contributed by atoms with Gasteiger partial charge in [0.25, 0.3) is 5.91 Å². The van der Waals surface area contributed by atoms with Crippen molar-refractivity contribution < 1.29 is 24.2 Å². The third-order valence-corrected chi connectivity index (χ3v) is 5.66. The maximum atomic E-state index is 13.3. The number of rotatable bonds is 5. The van der Waals surface area contributed by atoms with Gasteiger partial charge in [-0.15, -0.1) is 0 Å². The predicted molar refractivity (Wildman–Crippen MR) is 131 cm³/mol. The normalized spacial score (nSPS) is 15.7. The molecule has 1 amide bonds. The molecule has 0 saturated carbocycles. The molecule has 0 aliphatic carbocycles. The molecule has 1 aliphatic rings. The zero-order chi connectivity index (χ0) is 24.3. The summed E-state index contributed by atoms with van der Waals surface area (Å²) in [6.07, 6.45) is 0.869. The minimum absolute atomic E-state index is 0.127. The van der Waals surface area contributed by atoms with E-state index in [2.05, 4.69) is 5.32 Å². The summed E-state index contributed by atoms with van der Waals surface area (Å²) in [5.74, 6) is -0.985. The Balaban J connectivity index is 1.69. The van der Waals surface area contributed by atoms with Gasteiger partial charge >= 0.3 is 5.97 Å². The number of anilines is 1. The Morgan fingerprint density at radius 3 is 2.41 bits per heavy atom. The van der Waals surface area contributed by atoms with Crippen molar-refractivity contribution in [1.82, 2.24) is 0 Å². The highest BCUT2D eigenvalue weighted by atomic mass is 16.6. The van der Waals surface area contributed by atoms with Crippen LogP contribution in [0.4, 0.5) is 5.69 Å². The first-order valence-electron chi connectivity index (χ1n) is 11.4. The highest BCUT2D eigenvalue weighted by Crippen LogP contribution is 2.31. The molecule has 34 heavy (non-hydrogen) atoms. The molecular formula is C28H29NO5. The summed E-state index contributed by atoms with van der Waals surface area (Å²) in [6, 6.07) is 19.9. The van der Waals surface area contributed by atoms with Gasteiger partial charge in [-0.05, 0) is 68.1 Å². The van der Waals surface area contributed by atoms with E-state index >= 15 is 0 Å². The quantitative estimate of drug-likeness (QED) is 0.473. The maximum absolute atomic E-state index is 13.3. The van der Waals surface area contributed by atoms with Crippen LogP contribution in [0.15, 0.2) is 66.7 Å². The number of esters is 1. The van der Waals surface area contributed by atoms with E-state index in [-0.39, 0.29) is 22.8 Å². The average molecular weight is 460 g/mol. The van der Waals surface area contributed by atoms with Crippen molar-refractivity contribution >= 4 is 17.6 Å². The van der Waals surface area contributed by atoms with E-state index in [9.17, 15) is 14.7 Å². The van der Waals surface area contributed by atoms with E-state index < -0.39 is 17.5 Å². The molecule has 3 aromatic rings. The molecule has 3 aromatic carbocycles. The van der Waals surface area contributed by atoms with Crippen molar-refractivity contribution in [3.05, 3.63) is 83.4 Å². The predicted octanol–water partition coefficient (Wildman–Crippen LogP) is 5.77. The lowest BCUT2D eigenvalue weighted by atomic mass is 9.96. The van der Waals surface area contributed by atoms with Gasteiger partial charge < -0.3 is 19.9 Å². The molecule has 1 unspecified atom stereocenters. The lowest BCUT2D eigenvalue weighted by Gasteiger charge is -2.21. The van der Waals surface area contributed by atoms with Gasteiger partial charge in [0.05, 0.1) is 23.4 Å². The van der Waals surface area contributed by atoms with Crippen LogP contribution in [0.25, 0.3) is 11.1 Å². The van der Waals surface area contributed by atoms with E-state index in [0.29, 0.717) is 18.9 Å². The van der Waals surface area contributed by atoms with Gasteiger partial charge in [0.1, 0.15) is 11.4 Å². The molecule has 0 radical (unpaired) electrons. The van der Waals surface area contributed by atoms with Gasteiger partial charge in [0.2, 0.25) is 0 Å². The number of phenolic OH excluding ortho intramolecular Hbond substituents is 1. The monoisotopic (exact) mass is 459 g/mol. The number of aromatic hydroxyl groups is 1. The summed E-state index contributed by atoms with van der Waals surface area (Å²) in [6.45, 7) is 6.64. The van der Waals surface area contributed by atoms with Crippen molar-refractivity contribution in [3.63, 3.8) is 0 Å². The SMILES string of the molecule is CC(C)(C)OC(=O)c1ccc(-c2ccccc2)cc1NC(=O)c1cc(C2CCOC2)ccc1O. The molecule has 0 bridgehead atoms. The number of phenols is 1. The summed E-state index contributed by atoms with van der Waals surface area (Å²) in [5, 5.41) is 13.2. The van der Waals surface area contributed by atoms with Gasteiger partial charge in [0.15, 0.2) is 0 Å². The molecule has 1 heterocycles. The summed E-state index contributed by atoms with van der Waals surface area (Å²) in [7, 11) is 0. The minimum atomic E-state index is -0.688. The van der Waals surface area contributed by atoms with Gasteiger partial charge in [-0.3, -0.25) is 4.79 Å². The summed E-state index contributed by atoms with van der Waals surface area (Å²) in [4.78, 5) is 26.2. The third kappa shape index (κ3) is 5.46. The fraction of sp³-hybridized carbons (Fsp3) is 0.286. The van der Waals surface area contributed by atoms with Crippen LogP contribution in [-0.2, 0) is 9.47 Å². The van der Waals surface area contributed by atoms with Crippen LogP contribution in [-0.4, -0.2) is 35.8 Å². The number of benzene rings is 3. The zero-order valence-corrected chi connectivity index (χ0v) is 19.6. The Morgan fingerprint density at radius 2 is 1.74 bits per heavy atom. The third-order valence-electron chi connectivity index (χ3n) is 5.66. The van der Waals surface area contributed by atoms with Crippen molar-refractivity contribution in [1.29, 1.82) is 0 Å². The number of hydrogen-bond acceptors (Lipinski definition) is 5. The van der Waals surface area contributed by atoms with E-state index in [1.807, 2.05) is 42.5 Å². The number of ether oxygens (including phenoxy) is 2. The second-order valence-electron chi connectivity index (χ2n) is 9.42. The second kappa shape index (κ2) is 9.69. The largest absolute Gasteiger partial charge is 0.507 e. The van der Waals surface area contributed by atoms with Crippen LogP contribution < -0.4 is 5.32 Å². The lowest BCUT2D eigenvalue weighted by molar-refractivity contribution is 0.00708. The fourth-order valence-electron chi connectivity index (χ4n) is 3.95. The van der Waals surface area contributed by atoms with Crippen molar-refractivity contribution in [2.75, 3.05) is 18.5 Å². The first-order valence-corrected chi connectivity index (χ1v) is 11.4. The first-order chi connectivity index (χ1) is 16.2. The summed E-state index contributed by atoms with van der Waals surface area (Å²) in [5.41, 5.74) is 2.73. The van der Waals surface area contributed by atoms with Crippen LogP contribution in [0.2, 0.25) is 0 Å². The Labute approximate surface area is 199 Å². The van der Waals surface area contributed by atoms with E-state index in [0.717, 1.165) is 23.1 Å². The smallest absolute Gasteiger partial charge is 0.340 e. The van der Waals surface area contributed by atoms with Crippen molar-refractivity contribution in [2.45, 2.75) is 38.7 Å². The van der Waals surface area contributed by atoms with Crippen molar-refractivity contribution in [2.24, 2.45) is 0 Å². The standard InChI is InChI=1S/C28H29NO5/c1-28(2,3)34-27(32)22-11-9-20(18-7-5-4-6-8-18)16-24(22)29-26(31)23-15-19(10-12-25(23)30)21-13-14-33-17-21/h4-12,15-16,21,30H,13-14,17H2,1-3H3,(H,29,31). The molecule has 1 saturated heterocycles. The van der Waals surface area contributed by atoms with Crippen LogP contribution in [0.3, 0.4) is 0 Å². The molecule has 6 nitrogen and oxygen atoms in total. The highest BCUT2D eigenvalue weighted by molar-refractivity contribution is 6.10. The highest BCUT2D eigenvalue weighted by Gasteiger charge is 2.24. The van der Waals surface area contributed by atoms with Gasteiger partial charge in [-0.1, -0.05) is 42.5 Å². The fourth-order valence-corrected chi connectivity index (χ4v) is 3.95. The Hall–Kier alpha value is -3.64. The molecule has 0 aromatic heterocycles. The van der Waals surface area contributed by atoms with Gasteiger partial charge in [0, 0.05) is 12.5 Å². The number of hydrogen-bond donors (Lipinski definition) is 2. The van der Waals surface area contributed by atoms with E-state index in [4.69, 9.17) is 9.47 Å². The van der Waals surface area contributed by atoms with Crippen LogP contribution in [0.1, 0.15) is 59.4 Å². The minimum Gasteiger partial charge on any atom is -0.507 e. The topological polar surface area (TPSA) is 84.9 Å². The average Bonchev–Trinajstić information content (AvgIpc) is 3.33. The zero-order valence-electron chi connectivity index (χ0n) is 19.6. The molecule has 4 rings (SSSR count). The van der Waals surface area contributed by atoms with Crippen molar-refractivity contribution in [3.8, 4) is 16.9 Å². The molecule has 1 fully saturated rings. The van der Waals surface area contributed by atoms with Crippen LogP contribution in [0, 0.1) is 0 Å². The lowest BCUT2D eigenvalue weighted by Crippen LogP contribution is -2.25.